The first kappa shape index (κ1) is 17.9. The molecule has 3 aromatic carbocycles. The smallest absolute Gasteiger partial charge is 0.339 e. The van der Waals surface area contributed by atoms with Crippen LogP contribution in [0.1, 0.15) is 10.4 Å². The number of methoxy groups -OCH3 is 1. The minimum absolute atomic E-state index is 0.294. The number of fused-ring (bicyclic) bond motifs is 1. The van der Waals surface area contributed by atoms with Gasteiger partial charge in [0, 0.05) is 15.5 Å². The lowest BCUT2D eigenvalue weighted by Gasteiger charge is -2.10. The van der Waals surface area contributed by atoms with Crippen LogP contribution in [0.5, 0.6) is 5.75 Å². The highest BCUT2D eigenvalue weighted by atomic mass is 79.9. The maximum Gasteiger partial charge on any atom is 0.339 e. The highest BCUT2D eigenvalue weighted by molar-refractivity contribution is 9.10. The SMILES string of the molecule is COc1ccc(Br)c(C(=O)OCC(=O)Nc2cccc3ccccc23)c1. The third kappa shape index (κ3) is 4.03. The number of hydrogen-bond donors (Lipinski definition) is 1. The minimum atomic E-state index is -0.608. The first-order valence-electron chi connectivity index (χ1n) is 7.87. The zero-order valence-corrected chi connectivity index (χ0v) is 15.6. The Morgan fingerprint density at radius 1 is 1.04 bits per heavy atom. The maximum absolute atomic E-state index is 12.2. The van der Waals surface area contributed by atoms with E-state index in [4.69, 9.17) is 9.47 Å². The first-order valence-corrected chi connectivity index (χ1v) is 8.66. The lowest BCUT2D eigenvalue weighted by atomic mass is 10.1. The van der Waals surface area contributed by atoms with Crippen molar-refractivity contribution in [2.75, 3.05) is 19.0 Å². The molecule has 0 aromatic heterocycles. The number of anilines is 1. The van der Waals surface area contributed by atoms with Crippen LogP contribution >= 0.6 is 15.9 Å². The van der Waals surface area contributed by atoms with E-state index in [1.54, 1.807) is 24.3 Å². The van der Waals surface area contributed by atoms with Gasteiger partial charge in [-0.25, -0.2) is 4.79 Å². The van der Waals surface area contributed by atoms with E-state index in [-0.39, 0.29) is 6.61 Å². The fraction of sp³-hybridized carbons (Fsp3) is 0.100. The predicted octanol–water partition coefficient (Wildman–Crippen LogP) is 4.41. The minimum Gasteiger partial charge on any atom is -0.497 e. The van der Waals surface area contributed by atoms with E-state index in [0.717, 1.165) is 10.8 Å². The molecule has 0 bridgehead atoms. The summed E-state index contributed by atoms with van der Waals surface area (Å²) in [6.45, 7) is -0.383. The van der Waals surface area contributed by atoms with Gasteiger partial charge < -0.3 is 14.8 Å². The number of benzene rings is 3. The number of amides is 1. The molecule has 0 radical (unpaired) electrons. The van der Waals surface area contributed by atoms with Gasteiger partial charge in [-0.3, -0.25) is 4.79 Å². The van der Waals surface area contributed by atoms with Gasteiger partial charge in [-0.05, 0) is 45.6 Å². The summed E-state index contributed by atoms with van der Waals surface area (Å²) >= 11 is 3.29. The van der Waals surface area contributed by atoms with Crippen molar-refractivity contribution in [3.05, 3.63) is 70.7 Å². The molecule has 132 valence electrons. The van der Waals surface area contributed by atoms with E-state index in [9.17, 15) is 9.59 Å². The Morgan fingerprint density at radius 3 is 2.62 bits per heavy atom. The second-order valence-electron chi connectivity index (χ2n) is 5.50. The molecule has 0 aliphatic rings. The average Bonchev–Trinajstić information content (AvgIpc) is 2.67. The summed E-state index contributed by atoms with van der Waals surface area (Å²) in [5.41, 5.74) is 0.967. The third-order valence-corrected chi connectivity index (χ3v) is 4.48. The van der Waals surface area contributed by atoms with Crippen molar-refractivity contribution in [2.45, 2.75) is 0 Å². The van der Waals surface area contributed by atoms with Gasteiger partial charge in [-0.2, -0.15) is 0 Å². The standard InChI is InChI=1S/C20H16BrNO4/c1-25-14-9-10-17(21)16(11-14)20(24)26-12-19(23)22-18-8-4-6-13-5-2-3-7-15(13)18/h2-11H,12H2,1H3,(H,22,23). The van der Waals surface area contributed by atoms with Crippen LogP contribution in [0.25, 0.3) is 10.8 Å². The van der Waals surface area contributed by atoms with Crippen molar-refractivity contribution in [2.24, 2.45) is 0 Å². The Labute approximate surface area is 159 Å². The number of hydrogen-bond acceptors (Lipinski definition) is 4. The molecule has 1 amide bonds. The van der Waals surface area contributed by atoms with E-state index in [2.05, 4.69) is 21.2 Å². The van der Waals surface area contributed by atoms with Gasteiger partial charge in [-0.1, -0.05) is 36.4 Å². The number of ether oxygens (including phenoxy) is 2. The molecule has 0 heterocycles. The number of esters is 1. The monoisotopic (exact) mass is 413 g/mol. The molecular formula is C20H16BrNO4. The highest BCUT2D eigenvalue weighted by Gasteiger charge is 2.15. The second-order valence-corrected chi connectivity index (χ2v) is 6.35. The highest BCUT2D eigenvalue weighted by Crippen LogP contribution is 2.24. The summed E-state index contributed by atoms with van der Waals surface area (Å²) in [5.74, 6) is -0.488. The van der Waals surface area contributed by atoms with Gasteiger partial charge in [0.05, 0.1) is 12.7 Å². The van der Waals surface area contributed by atoms with Gasteiger partial charge in [0.15, 0.2) is 6.61 Å². The summed E-state index contributed by atoms with van der Waals surface area (Å²) in [6.07, 6.45) is 0. The Hall–Kier alpha value is -2.86. The average molecular weight is 414 g/mol. The molecule has 3 rings (SSSR count). The molecule has 3 aromatic rings. The first-order chi connectivity index (χ1) is 12.6. The van der Waals surface area contributed by atoms with Crippen LogP contribution in [0.2, 0.25) is 0 Å². The maximum atomic E-state index is 12.2. The Kier molecular flexibility index (Phi) is 5.53. The third-order valence-electron chi connectivity index (χ3n) is 3.79. The van der Waals surface area contributed by atoms with Crippen molar-refractivity contribution in [1.82, 2.24) is 0 Å². The Morgan fingerprint density at radius 2 is 1.81 bits per heavy atom. The molecule has 0 saturated carbocycles. The number of nitrogens with one attached hydrogen (secondary N) is 1. The van der Waals surface area contributed by atoms with E-state index in [1.807, 2.05) is 36.4 Å². The summed E-state index contributed by atoms with van der Waals surface area (Å²) in [5, 5.41) is 4.71. The molecule has 0 atom stereocenters. The van der Waals surface area contributed by atoms with Crippen molar-refractivity contribution < 1.29 is 19.1 Å². The van der Waals surface area contributed by atoms with Crippen molar-refractivity contribution in [1.29, 1.82) is 0 Å². The zero-order chi connectivity index (χ0) is 18.5. The van der Waals surface area contributed by atoms with Gasteiger partial charge in [0.2, 0.25) is 0 Å². The van der Waals surface area contributed by atoms with Crippen LogP contribution in [0.3, 0.4) is 0 Å². The lowest BCUT2D eigenvalue weighted by molar-refractivity contribution is -0.119. The molecule has 0 aliphatic heterocycles. The normalized spacial score (nSPS) is 10.4. The summed E-state index contributed by atoms with van der Waals surface area (Å²) in [4.78, 5) is 24.4. The zero-order valence-electron chi connectivity index (χ0n) is 14.0. The molecular weight excluding hydrogens is 398 g/mol. The van der Waals surface area contributed by atoms with Crippen LogP contribution in [0.15, 0.2) is 65.1 Å². The molecule has 0 aliphatic carbocycles. The Balaban J connectivity index is 1.66. The lowest BCUT2D eigenvalue weighted by Crippen LogP contribution is -2.21. The molecule has 0 saturated heterocycles. The van der Waals surface area contributed by atoms with Crippen LogP contribution in [-0.2, 0) is 9.53 Å². The van der Waals surface area contributed by atoms with Crippen LogP contribution in [-0.4, -0.2) is 25.6 Å². The molecule has 5 nitrogen and oxygen atoms in total. The molecule has 26 heavy (non-hydrogen) atoms. The second kappa shape index (κ2) is 8.01. The summed E-state index contributed by atoms with van der Waals surface area (Å²) in [7, 11) is 1.51. The largest absolute Gasteiger partial charge is 0.497 e. The molecule has 0 fully saturated rings. The van der Waals surface area contributed by atoms with E-state index in [0.29, 0.717) is 21.5 Å². The van der Waals surface area contributed by atoms with Crippen LogP contribution in [0, 0.1) is 0 Å². The van der Waals surface area contributed by atoms with Crippen LogP contribution in [0.4, 0.5) is 5.69 Å². The summed E-state index contributed by atoms with van der Waals surface area (Å²) < 4.78 is 10.8. The summed E-state index contributed by atoms with van der Waals surface area (Å²) in [6, 6.07) is 18.3. The van der Waals surface area contributed by atoms with E-state index in [1.165, 1.54) is 7.11 Å². The van der Waals surface area contributed by atoms with Crippen molar-refractivity contribution in [3.8, 4) is 5.75 Å². The van der Waals surface area contributed by atoms with Crippen LogP contribution < -0.4 is 10.1 Å². The number of rotatable bonds is 5. The quantitative estimate of drug-likeness (QED) is 0.629. The van der Waals surface area contributed by atoms with Gasteiger partial charge in [0.1, 0.15) is 5.75 Å². The predicted molar refractivity (Wildman–Crippen MR) is 104 cm³/mol. The Bertz CT molecular complexity index is 966. The molecule has 1 N–H and O–H groups in total. The number of carbonyl (C=O) groups is 2. The van der Waals surface area contributed by atoms with E-state index < -0.39 is 11.9 Å². The molecule has 6 heteroatoms. The van der Waals surface area contributed by atoms with Gasteiger partial charge >= 0.3 is 5.97 Å². The fourth-order valence-corrected chi connectivity index (χ4v) is 2.93. The van der Waals surface area contributed by atoms with E-state index >= 15 is 0 Å². The fourth-order valence-electron chi connectivity index (χ4n) is 2.52. The molecule has 0 unspecified atom stereocenters. The molecule has 0 spiro atoms. The number of carbonyl (C=O) groups excluding carboxylic acids is 2. The van der Waals surface area contributed by atoms with Gasteiger partial charge in [0.25, 0.3) is 5.91 Å². The topological polar surface area (TPSA) is 64.6 Å². The van der Waals surface area contributed by atoms with Crippen molar-refractivity contribution >= 4 is 44.3 Å². The van der Waals surface area contributed by atoms with Gasteiger partial charge in [-0.15, -0.1) is 0 Å². The van der Waals surface area contributed by atoms with Crippen molar-refractivity contribution in [3.63, 3.8) is 0 Å². The number of halogens is 1.